The van der Waals surface area contributed by atoms with Crippen molar-refractivity contribution in [3.63, 3.8) is 0 Å². The van der Waals surface area contributed by atoms with Crippen LogP contribution in [0, 0.1) is 17.0 Å². The number of rotatable bonds is 11. The summed E-state index contributed by atoms with van der Waals surface area (Å²) < 4.78 is 53.2. The maximum Gasteiger partial charge on any atom is 0.309 e. The summed E-state index contributed by atoms with van der Waals surface area (Å²) in [6.07, 6.45) is 1.08. The number of aromatic nitrogens is 1. The Hall–Kier alpha value is -3.37. The van der Waals surface area contributed by atoms with Crippen molar-refractivity contribution in [1.82, 2.24) is 9.88 Å². The first-order valence-electron chi connectivity index (χ1n) is 12.6. The molecule has 7 nitrogen and oxygen atoms in total. The zero-order chi connectivity index (χ0) is 27.3. The Balaban J connectivity index is 1.39. The molecule has 0 bridgehead atoms. The van der Waals surface area contributed by atoms with Crippen molar-refractivity contribution in [2.45, 2.75) is 38.4 Å². The molecule has 0 saturated carbocycles. The van der Waals surface area contributed by atoms with Crippen molar-refractivity contribution in [3.8, 4) is 11.5 Å². The summed E-state index contributed by atoms with van der Waals surface area (Å²) in [4.78, 5) is 18.7. The number of hydrogen-bond acceptors (Lipinski definition) is 6. The number of aliphatic carboxylic acids is 1. The zero-order valence-corrected chi connectivity index (χ0v) is 21.3. The first-order chi connectivity index (χ1) is 18.2. The molecule has 1 aliphatic rings. The van der Waals surface area contributed by atoms with Crippen LogP contribution in [-0.2, 0) is 11.3 Å². The molecule has 1 atom stereocenters. The molecular weight excluding hydrogens is 499 g/mol. The summed E-state index contributed by atoms with van der Waals surface area (Å²) in [7, 11) is 1.53. The molecule has 2 aromatic carbocycles. The number of halogens is 3. The third-order valence-electron chi connectivity index (χ3n) is 7.39. The van der Waals surface area contributed by atoms with Crippen LogP contribution in [0.3, 0.4) is 0 Å². The summed E-state index contributed by atoms with van der Waals surface area (Å²) in [5.41, 5.74) is 6.47. The van der Waals surface area contributed by atoms with E-state index in [4.69, 9.17) is 15.2 Å². The largest absolute Gasteiger partial charge is 0.497 e. The predicted octanol–water partition coefficient (Wildman–Crippen LogP) is 5.02. The number of carboxylic acid groups (broad SMARTS) is 1. The summed E-state index contributed by atoms with van der Waals surface area (Å²) in [6.45, 7) is 1.78. The van der Waals surface area contributed by atoms with Gasteiger partial charge in [0, 0.05) is 48.4 Å². The Morgan fingerprint density at radius 3 is 2.50 bits per heavy atom. The van der Waals surface area contributed by atoms with Crippen LogP contribution in [0.5, 0.6) is 11.5 Å². The van der Waals surface area contributed by atoms with E-state index < -0.39 is 29.2 Å². The predicted molar refractivity (Wildman–Crippen MR) is 137 cm³/mol. The number of alkyl halides is 1. The molecule has 0 unspecified atom stereocenters. The van der Waals surface area contributed by atoms with Crippen LogP contribution >= 0.6 is 0 Å². The van der Waals surface area contributed by atoms with E-state index in [1.165, 1.54) is 7.11 Å². The number of nitrogens with two attached hydrogens (primary N) is 1. The van der Waals surface area contributed by atoms with Crippen molar-refractivity contribution in [2.75, 3.05) is 33.4 Å². The Labute approximate surface area is 219 Å². The molecule has 204 valence electrons. The second kappa shape index (κ2) is 12.0. The lowest BCUT2D eigenvalue weighted by Gasteiger charge is -2.39. The van der Waals surface area contributed by atoms with Crippen LogP contribution < -0.4 is 15.2 Å². The lowest BCUT2D eigenvalue weighted by Crippen LogP contribution is -2.45. The van der Waals surface area contributed by atoms with E-state index in [0.717, 1.165) is 18.2 Å². The number of piperidine rings is 1. The van der Waals surface area contributed by atoms with Crippen LogP contribution in [-0.4, -0.2) is 54.3 Å². The highest BCUT2D eigenvalue weighted by molar-refractivity contribution is 5.85. The van der Waals surface area contributed by atoms with E-state index in [9.17, 15) is 18.7 Å². The van der Waals surface area contributed by atoms with Crippen LogP contribution in [0.25, 0.3) is 10.9 Å². The number of nitrogens with zero attached hydrogens (tertiary/aromatic N) is 2. The quantitative estimate of drug-likeness (QED) is 0.359. The van der Waals surface area contributed by atoms with E-state index in [2.05, 4.69) is 4.98 Å². The number of likely N-dealkylation sites (tertiary alicyclic amines) is 1. The van der Waals surface area contributed by atoms with Gasteiger partial charge in [0.05, 0.1) is 18.0 Å². The monoisotopic (exact) mass is 531 g/mol. The number of carbonyl (C=O) groups is 1. The number of ether oxygens (including phenoxy) is 2. The van der Waals surface area contributed by atoms with E-state index >= 15 is 4.39 Å². The van der Waals surface area contributed by atoms with Gasteiger partial charge in [-0.1, -0.05) is 0 Å². The fraction of sp³-hybridized carbons (Fsp3) is 0.429. The minimum Gasteiger partial charge on any atom is -0.497 e. The normalized spacial score (nSPS) is 16.3. The van der Waals surface area contributed by atoms with E-state index in [0.29, 0.717) is 60.3 Å². The summed E-state index contributed by atoms with van der Waals surface area (Å²) in [5.74, 6) is -1.69. The van der Waals surface area contributed by atoms with Crippen LogP contribution in [0.1, 0.15) is 43.0 Å². The fourth-order valence-electron chi connectivity index (χ4n) is 5.12. The van der Waals surface area contributed by atoms with Crippen molar-refractivity contribution in [3.05, 3.63) is 65.4 Å². The SMILES string of the molecule is COc1ccc2ncc(CN)c([C@@H](F)CCC3(C(=O)O)CCN(CCOc4cc(F)cc(F)c4)CC3)c2c1. The topological polar surface area (TPSA) is 97.9 Å². The van der Waals surface area contributed by atoms with Gasteiger partial charge in [0.25, 0.3) is 0 Å². The second-order valence-electron chi connectivity index (χ2n) is 9.67. The smallest absolute Gasteiger partial charge is 0.309 e. The van der Waals surface area contributed by atoms with Gasteiger partial charge in [-0.25, -0.2) is 13.2 Å². The number of benzene rings is 2. The average molecular weight is 532 g/mol. The molecule has 1 aliphatic heterocycles. The molecule has 10 heteroatoms. The average Bonchev–Trinajstić information content (AvgIpc) is 2.90. The van der Waals surface area contributed by atoms with Crippen LogP contribution in [0.15, 0.2) is 42.6 Å². The maximum atomic E-state index is 15.8. The van der Waals surface area contributed by atoms with E-state index in [-0.39, 0.29) is 31.7 Å². The standard InChI is InChI=1S/C28H32F3N3O4/c1-37-21-2-3-25-23(15-21)26(18(16-32)17-33-25)24(31)4-5-28(27(35)36)6-8-34(9-7-28)10-11-38-22-13-19(29)12-20(30)14-22/h2-3,12-15,17,24H,4-11,16,32H2,1H3,(H,35,36)/t24-/m0/s1. The molecule has 0 radical (unpaired) electrons. The van der Waals surface area contributed by atoms with Gasteiger partial charge in [-0.3, -0.25) is 14.7 Å². The molecule has 0 amide bonds. The first-order valence-corrected chi connectivity index (χ1v) is 12.6. The third kappa shape index (κ3) is 6.19. The fourth-order valence-corrected chi connectivity index (χ4v) is 5.12. The number of methoxy groups -OCH3 is 1. The molecule has 1 saturated heterocycles. The number of fused-ring (bicyclic) bond motifs is 1. The minimum absolute atomic E-state index is 0.0316. The van der Waals surface area contributed by atoms with Crippen LogP contribution in [0.2, 0.25) is 0 Å². The van der Waals surface area contributed by atoms with E-state index in [1.54, 1.807) is 24.4 Å². The van der Waals surface area contributed by atoms with Gasteiger partial charge >= 0.3 is 5.97 Å². The molecule has 3 aromatic rings. The number of hydrogen-bond donors (Lipinski definition) is 2. The molecule has 1 fully saturated rings. The minimum atomic E-state index is -1.42. The van der Waals surface area contributed by atoms with Gasteiger partial charge in [0.2, 0.25) is 0 Å². The van der Waals surface area contributed by atoms with Crippen molar-refractivity contribution < 1.29 is 32.5 Å². The first kappa shape index (κ1) is 27.7. The molecule has 0 spiro atoms. The second-order valence-corrected chi connectivity index (χ2v) is 9.67. The summed E-state index contributed by atoms with van der Waals surface area (Å²) in [5, 5.41) is 10.7. The van der Waals surface area contributed by atoms with Gasteiger partial charge in [0.15, 0.2) is 0 Å². The Bertz CT molecular complexity index is 1260. The van der Waals surface area contributed by atoms with Crippen molar-refractivity contribution in [2.24, 2.45) is 11.1 Å². The Morgan fingerprint density at radius 2 is 1.87 bits per heavy atom. The maximum absolute atomic E-state index is 15.8. The lowest BCUT2D eigenvalue weighted by molar-refractivity contribution is -0.153. The van der Waals surface area contributed by atoms with Gasteiger partial charge in [-0.05, 0) is 62.5 Å². The summed E-state index contributed by atoms with van der Waals surface area (Å²) >= 11 is 0. The van der Waals surface area contributed by atoms with Gasteiger partial charge in [-0.15, -0.1) is 0 Å². The zero-order valence-electron chi connectivity index (χ0n) is 21.3. The van der Waals surface area contributed by atoms with E-state index in [1.807, 2.05) is 4.90 Å². The molecule has 2 heterocycles. The highest BCUT2D eigenvalue weighted by Crippen LogP contribution is 2.41. The Morgan fingerprint density at radius 1 is 1.16 bits per heavy atom. The third-order valence-corrected chi connectivity index (χ3v) is 7.39. The van der Waals surface area contributed by atoms with Crippen LogP contribution in [0.4, 0.5) is 13.2 Å². The van der Waals surface area contributed by atoms with Crippen molar-refractivity contribution >= 4 is 16.9 Å². The van der Waals surface area contributed by atoms with Crippen molar-refractivity contribution in [1.29, 1.82) is 0 Å². The molecule has 1 aromatic heterocycles. The van der Waals surface area contributed by atoms with Gasteiger partial charge in [0.1, 0.15) is 35.9 Å². The van der Waals surface area contributed by atoms with Gasteiger partial charge in [-0.2, -0.15) is 0 Å². The molecule has 0 aliphatic carbocycles. The number of carboxylic acids is 1. The number of pyridine rings is 1. The summed E-state index contributed by atoms with van der Waals surface area (Å²) in [6, 6.07) is 8.24. The highest BCUT2D eigenvalue weighted by Gasteiger charge is 2.41. The van der Waals surface area contributed by atoms with Gasteiger partial charge < -0.3 is 20.3 Å². The molecule has 3 N–H and O–H groups in total. The Kier molecular flexibility index (Phi) is 8.73. The molecular formula is C28H32F3N3O4. The molecule has 38 heavy (non-hydrogen) atoms. The lowest BCUT2D eigenvalue weighted by atomic mass is 9.74. The molecule has 4 rings (SSSR count). The highest BCUT2D eigenvalue weighted by atomic mass is 19.1.